The molecule has 9 heteroatoms. The second kappa shape index (κ2) is 11.5. The Balaban J connectivity index is 1.56. The number of hydrogen-bond acceptors (Lipinski definition) is 7. The van der Waals surface area contributed by atoms with Crippen LogP contribution in [-0.4, -0.2) is 52.5 Å². The molecule has 0 unspecified atom stereocenters. The minimum absolute atomic E-state index is 0.0424. The fourth-order valence-corrected chi connectivity index (χ4v) is 3.96. The fraction of sp³-hybridized carbons (Fsp3) is 0.346. The van der Waals surface area contributed by atoms with E-state index in [2.05, 4.69) is 5.32 Å². The number of nitrogens with zero attached hydrogens (tertiary/aromatic N) is 3. The lowest BCUT2D eigenvalue weighted by Gasteiger charge is -2.28. The number of benzene rings is 2. The van der Waals surface area contributed by atoms with Gasteiger partial charge in [0, 0.05) is 26.1 Å². The molecule has 1 aromatic heterocycles. The van der Waals surface area contributed by atoms with Gasteiger partial charge in [-0.15, -0.1) is 0 Å². The van der Waals surface area contributed by atoms with Gasteiger partial charge >= 0.3 is 6.09 Å². The summed E-state index contributed by atoms with van der Waals surface area (Å²) in [5, 5.41) is 12.3. The number of amides is 1. The first-order valence-corrected chi connectivity index (χ1v) is 11.6. The molecule has 184 valence electrons. The minimum atomic E-state index is -0.453. The summed E-state index contributed by atoms with van der Waals surface area (Å²) in [5.41, 5.74) is 2.79. The van der Waals surface area contributed by atoms with Crippen LogP contribution in [0.15, 0.2) is 59.4 Å². The molecule has 0 saturated heterocycles. The molecule has 0 fully saturated rings. The van der Waals surface area contributed by atoms with Crippen molar-refractivity contribution in [3.63, 3.8) is 0 Å². The zero-order chi connectivity index (χ0) is 24.6. The van der Waals surface area contributed by atoms with Crippen LogP contribution in [0.3, 0.4) is 0 Å². The van der Waals surface area contributed by atoms with E-state index in [4.69, 9.17) is 19.6 Å². The SMILES string of the molecule is COc1ccc(Cn2c(NCCCO)nc3c(c2=O)CN(C(=O)OCc2ccccc2)CC3)cc1. The van der Waals surface area contributed by atoms with Crippen molar-refractivity contribution in [3.8, 4) is 5.75 Å². The standard InChI is InChI=1S/C26H30N4O5/c1-34-21-10-8-19(9-11-21)16-30-24(32)22-17-29(26(33)35-18-20-6-3-2-4-7-20)14-12-23(22)28-25(30)27-13-5-15-31/h2-4,6-11,31H,5,12-18H2,1H3,(H,27,28). The molecule has 2 heterocycles. The maximum atomic E-state index is 13.6. The van der Waals surface area contributed by atoms with Crippen LogP contribution in [0, 0.1) is 0 Å². The summed E-state index contributed by atoms with van der Waals surface area (Å²) in [6, 6.07) is 17.0. The molecule has 1 aliphatic heterocycles. The van der Waals surface area contributed by atoms with E-state index in [9.17, 15) is 9.59 Å². The van der Waals surface area contributed by atoms with Crippen molar-refractivity contribution >= 4 is 12.0 Å². The maximum Gasteiger partial charge on any atom is 0.410 e. The second-order valence-electron chi connectivity index (χ2n) is 8.32. The third-order valence-electron chi connectivity index (χ3n) is 5.90. The molecule has 3 aromatic rings. The number of aliphatic hydroxyl groups excluding tert-OH is 1. The van der Waals surface area contributed by atoms with Crippen LogP contribution in [0.4, 0.5) is 10.7 Å². The van der Waals surface area contributed by atoms with Crippen molar-refractivity contribution in [2.75, 3.05) is 32.1 Å². The number of aromatic nitrogens is 2. The lowest BCUT2D eigenvalue weighted by atomic mass is 10.1. The highest BCUT2D eigenvalue weighted by Crippen LogP contribution is 2.19. The number of hydrogen-bond donors (Lipinski definition) is 2. The molecule has 0 saturated carbocycles. The Bertz CT molecular complexity index is 1190. The van der Waals surface area contributed by atoms with E-state index in [0.717, 1.165) is 16.9 Å². The van der Waals surface area contributed by atoms with E-state index in [1.54, 1.807) is 16.6 Å². The van der Waals surface area contributed by atoms with E-state index in [-0.39, 0.29) is 25.3 Å². The van der Waals surface area contributed by atoms with Crippen LogP contribution in [0.1, 0.15) is 28.8 Å². The monoisotopic (exact) mass is 478 g/mol. The Hall–Kier alpha value is -3.85. The average molecular weight is 479 g/mol. The summed E-state index contributed by atoms with van der Waals surface area (Å²) in [4.78, 5) is 32.5. The quantitative estimate of drug-likeness (QED) is 0.456. The van der Waals surface area contributed by atoms with E-state index >= 15 is 0 Å². The Labute approximate surface area is 203 Å². The van der Waals surface area contributed by atoms with Crippen LogP contribution in [0.25, 0.3) is 0 Å². The van der Waals surface area contributed by atoms with Crippen LogP contribution in [0.2, 0.25) is 0 Å². The molecule has 35 heavy (non-hydrogen) atoms. The summed E-state index contributed by atoms with van der Waals surface area (Å²) < 4.78 is 12.3. The molecule has 2 aromatic carbocycles. The molecule has 9 nitrogen and oxygen atoms in total. The Morgan fingerprint density at radius 1 is 1.11 bits per heavy atom. The molecule has 0 bridgehead atoms. The summed E-state index contributed by atoms with van der Waals surface area (Å²) in [6.07, 6.45) is 0.547. The summed E-state index contributed by atoms with van der Waals surface area (Å²) >= 11 is 0. The molecule has 0 aliphatic carbocycles. The van der Waals surface area contributed by atoms with Crippen molar-refractivity contribution in [1.29, 1.82) is 0 Å². The van der Waals surface area contributed by atoms with Crippen LogP contribution >= 0.6 is 0 Å². The highest BCUT2D eigenvalue weighted by molar-refractivity contribution is 5.68. The third-order valence-corrected chi connectivity index (χ3v) is 5.90. The van der Waals surface area contributed by atoms with E-state index in [1.165, 1.54) is 0 Å². The van der Waals surface area contributed by atoms with Gasteiger partial charge in [-0.1, -0.05) is 42.5 Å². The van der Waals surface area contributed by atoms with Crippen LogP contribution < -0.4 is 15.6 Å². The van der Waals surface area contributed by atoms with Crippen molar-refractivity contribution in [2.45, 2.75) is 32.5 Å². The van der Waals surface area contributed by atoms with Gasteiger partial charge < -0.3 is 24.8 Å². The highest BCUT2D eigenvalue weighted by atomic mass is 16.6. The number of nitrogens with one attached hydrogen (secondary N) is 1. The lowest BCUT2D eigenvalue weighted by molar-refractivity contribution is 0.0913. The number of aliphatic hydroxyl groups is 1. The molecule has 4 rings (SSSR count). The van der Waals surface area contributed by atoms with Gasteiger partial charge in [-0.2, -0.15) is 0 Å². The number of methoxy groups -OCH3 is 1. The zero-order valence-corrected chi connectivity index (χ0v) is 19.8. The van der Waals surface area contributed by atoms with Crippen molar-refractivity contribution in [1.82, 2.24) is 14.5 Å². The molecule has 0 radical (unpaired) electrons. The third kappa shape index (κ3) is 5.99. The van der Waals surface area contributed by atoms with Gasteiger partial charge in [0.15, 0.2) is 0 Å². The maximum absolute atomic E-state index is 13.6. The van der Waals surface area contributed by atoms with Crippen molar-refractivity contribution in [2.24, 2.45) is 0 Å². The Morgan fingerprint density at radius 2 is 1.89 bits per heavy atom. The van der Waals surface area contributed by atoms with Gasteiger partial charge in [-0.05, 0) is 29.7 Å². The molecule has 0 spiro atoms. The van der Waals surface area contributed by atoms with E-state index in [0.29, 0.717) is 49.7 Å². The highest BCUT2D eigenvalue weighted by Gasteiger charge is 2.27. The number of carbonyl (C=O) groups is 1. The summed E-state index contributed by atoms with van der Waals surface area (Å²) in [6.45, 7) is 1.59. The second-order valence-corrected chi connectivity index (χ2v) is 8.32. The predicted molar refractivity (Wildman–Crippen MR) is 132 cm³/mol. The Morgan fingerprint density at radius 3 is 2.60 bits per heavy atom. The largest absolute Gasteiger partial charge is 0.497 e. The number of rotatable bonds is 9. The normalized spacial score (nSPS) is 12.7. The first kappa shape index (κ1) is 24.3. The van der Waals surface area contributed by atoms with Gasteiger partial charge in [0.1, 0.15) is 12.4 Å². The smallest absolute Gasteiger partial charge is 0.410 e. The van der Waals surface area contributed by atoms with Crippen LogP contribution in [0.5, 0.6) is 5.75 Å². The Kier molecular flexibility index (Phi) is 7.99. The van der Waals surface area contributed by atoms with Gasteiger partial charge in [-0.25, -0.2) is 9.78 Å². The van der Waals surface area contributed by atoms with Crippen molar-refractivity contribution < 1.29 is 19.4 Å². The molecular formula is C26H30N4O5. The predicted octanol–water partition coefficient (Wildman–Crippen LogP) is 2.79. The van der Waals surface area contributed by atoms with E-state index in [1.807, 2.05) is 54.6 Å². The molecule has 1 amide bonds. The van der Waals surface area contributed by atoms with Gasteiger partial charge in [0.25, 0.3) is 5.56 Å². The number of anilines is 1. The summed E-state index contributed by atoms with van der Waals surface area (Å²) in [7, 11) is 1.60. The first-order chi connectivity index (χ1) is 17.1. The van der Waals surface area contributed by atoms with Gasteiger partial charge in [0.2, 0.25) is 5.95 Å². The van der Waals surface area contributed by atoms with Crippen LogP contribution in [-0.2, 0) is 30.9 Å². The van der Waals surface area contributed by atoms with Gasteiger partial charge in [0.05, 0.1) is 31.5 Å². The van der Waals surface area contributed by atoms with Crippen molar-refractivity contribution in [3.05, 3.63) is 87.3 Å². The minimum Gasteiger partial charge on any atom is -0.497 e. The zero-order valence-electron chi connectivity index (χ0n) is 19.8. The van der Waals surface area contributed by atoms with Gasteiger partial charge in [-0.3, -0.25) is 9.36 Å². The number of carbonyl (C=O) groups excluding carboxylic acids is 1. The average Bonchev–Trinajstić information content (AvgIpc) is 2.90. The fourth-order valence-electron chi connectivity index (χ4n) is 3.96. The van der Waals surface area contributed by atoms with E-state index < -0.39 is 6.09 Å². The molecular weight excluding hydrogens is 448 g/mol. The molecule has 2 N–H and O–H groups in total. The number of ether oxygens (including phenoxy) is 2. The summed E-state index contributed by atoms with van der Waals surface area (Å²) in [5.74, 6) is 1.19. The molecule has 1 aliphatic rings. The topological polar surface area (TPSA) is 106 Å². The molecule has 0 atom stereocenters. The number of fused-ring (bicyclic) bond motifs is 1. The lowest BCUT2D eigenvalue weighted by Crippen LogP contribution is -2.42. The first-order valence-electron chi connectivity index (χ1n) is 11.6.